The summed E-state index contributed by atoms with van der Waals surface area (Å²) in [6, 6.07) is 2.92. The summed E-state index contributed by atoms with van der Waals surface area (Å²) in [5.41, 5.74) is 0.119. The third kappa shape index (κ3) is 6.12. The highest BCUT2D eigenvalue weighted by Gasteiger charge is 2.64. The van der Waals surface area contributed by atoms with E-state index in [1.54, 1.807) is 0 Å². The van der Waals surface area contributed by atoms with Crippen LogP contribution in [0, 0.1) is 46.3 Å². The first-order valence-electron chi connectivity index (χ1n) is 15.6. The fraction of sp³-hybridized carbons (Fsp3) is 0.774. The molecule has 1 aromatic carbocycles. The summed E-state index contributed by atoms with van der Waals surface area (Å²) in [5, 5.41) is 24.9. The molecule has 4 N–H and O–H groups in total. The van der Waals surface area contributed by atoms with Gasteiger partial charge in [0.2, 0.25) is 0 Å². The molecule has 12 heteroatoms. The summed E-state index contributed by atoms with van der Waals surface area (Å²) < 4.78 is 68.5. The molecule has 4 fully saturated rings. The predicted molar refractivity (Wildman–Crippen MR) is 153 cm³/mol. The molecular weight excluding hydrogens is 585 g/mol. The van der Waals surface area contributed by atoms with Crippen LogP contribution in [0.5, 0.6) is 5.75 Å². The second kappa shape index (κ2) is 11.7. The largest absolute Gasteiger partial charge is 0.573 e. The van der Waals surface area contributed by atoms with Crippen LogP contribution in [0.2, 0.25) is 0 Å². The van der Waals surface area contributed by atoms with Crippen molar-refractivity contribution in [3.05, 3.63) is 24.3 Å². The van der Waals surface area contributed by atoms with Crippen LogP contribution in [0.3, 0.4) is 0 Å². The molecule has 0 heterocycles. The van der Waals surface area contributed by atoms with Gasteiger partial charge in [0.1, 0.15) is 5.75 Å². The van der Waals surface area contributed by atoms with Crippen LogP contribution in [0.15, 0.2) is 29.2 Å². The Labute approximate surface area is 252 Å². The zero-order chi connectivity index (χ0) is 31.4. The van der Waals surface area contributed by atoms with Crippen molar-refractivity contribution >= 4 is 16.1 Å². The van der Waals surface area contributed by atoms with Crippen molar-refractivity contribution in [3.63, 3.8) is 0 Å². The number of amides is 2. The Kier molecular flexibility index (Phi) is 8.81. The van der Waals surface area contributed by atoms with Gasteiger partial charge in [-0.25, -0.2) is 17.9 Å². The van der Waals surface area contributed by atoms with Gasteiger partial charge in [-0.05, 0) is 110 Å². The van der Waals surface area contributed by atoms with E-state index in [-0.39, 0.29) is 35.3 Å². The number of carbonyl (C=O) groups is 1. The first-order chi connectivity index (χ1) is 20.1. The maximum atomic E-state index is 12.6. The van der Waals surface area contributed by atoms with Crippen molar-refractivity contribution in [2.45, 2.75) is 102 Å². The van der Waals surface area contributed by atoms with Crippen LogP contribution in [0.25, 0.3) is 0 Å². The van der Waals surface area contributed by atoms with Crippen molar-refractivity contribution in [1.29, 1.82) is 0 Å². The number of carbonyl (C=O) groups excluding carboxylic acids is 1. The lowest BCUT2D eigenvalue weighted by Crippen LogP contribution is -2.62. The number of aliphatic hydroxyl groups excluding tert-OH is 2. The van der Waals surface area contributed by atoms with Crippen LogP contribution in [0.1, 0.15) is 78.6 Å². The van der Waals surface area contributed by atoms with E-state index in [1.165, 1.54) is 0 Å². The number of hydrogen-bond donors (Lipinski definition) is 4. The van der Waals surface area contributed by atoms with Gasteiger partial charge in [0, 0.05) is 12.6 Å². The maximum Gasteiger partial charge on any atom is 0.573 e. The molecule has 0 bridgehead atoms. The summed E-state index contributed by atoms with van der Waals surface area (Å²) in [4.78, 5) is 12.0. The molecule has 4 aliphatic carbocycles. The Hall–Kier alpha value is -2.05. The Balaban J connectivity index is 1.20. The van der Waals surface area contributed by atoms with Crippen molar-refractivity contribution < 1.29 is 41.3 Å². The number of ether oxygens (including phenoxy) is 1. The van der Waals surface area contributed by atoms with Crippen molar-refractivity contribution in [2.24, 2.45) is 46.3 Å². The highest BCUT2D eigenvalue weighted by Crippen LogP contribution is 2.69. The summed E-state index contributed by atoms with van der Waals surface area (Å²) in [7, 11) is -4.42. The van der Waals surface area contributed by atoms with Crippen LogP contribution in [0.4, 0.5) is 18.0 Å². The molecule has 2 amide bonds. The van der Waals surface area contributed by atoms with E-state index in [0.29, 0.717) is 36.2 Å². The van der Waals surface area contributed by atoms with E-state index in [1.807, 2.05) is 4.72 Å². The first-order valence-corrected chi connectivity index (χ1v) is 17.1. The van der Waals surface area contributed by atoms with Gasteiger partial charge < -0.3 is 20.3 Å². The fourth-order valence-corrected chi connectivity index (χ4v) is 10.9. The van der Waals surface area contributed by atoms with E-state index in [9.17, 15) is 36.6 Å². The molecule has 0 radical (unpaired) electrons. The molecule has 0 aromatic heterocycles. The number of hydrogen-bond acceptors (Lipinski definition) is 6. The lowest BCUT2D eigenvalue weighted by Gasteiger charge is -2.64. The molecule has 8 nitrogen and oxygen atoms in total. The predicted octanol–water partition coefficient (Wildman–Crippen LogP) is 5.59. The molecule has 10 atom stereocenters. The minimum absolute atomic E-state index is 0.000963. The molecule has 0 unspecified atom stereocenters. The number of nitrogens with one attached hydrogen (secondary N) is 2. The van der Waals surface area contributed by atoms with E-state index in [4.69, 9.17) is 0 Å². The Morgan fingerprint density at radius 3 is 2.44 bits per heavy atom. The normalized spacial score (nSPS) is 39.3. The second-order valence-electron chi connectivity index (χ2n) is 13.9. The fourth-order valence-electron chi connectivity index (χ4n) is 9.96. The maximum absolute atomic E-state index is 12.6. The standard InChI is InChI=1S/C31H45F3N2O6S/c1-4-22-25-16-19(37)10-13-30(25,3)24-11-14-29(2)18(8-9-23(29)26(24)27(22)38)12-15-35-28(39)36-43(40,41)21-7-5-6-20(17-21)42-31(32,33)34/h5-7,17-19,22-27,37-38H,4,8-16H2,1-3H3,(H2,35,36,39)/t18-,19-,22-,23+,24+,25+,26+,27-,29-,30-/m1/s1. The molecule has 242 valence electrons. The lowest BCUT2D eigenvalue weighted by atomic mass is 9.41. The number of aliphatic hydroxyl groups is 2. The minimum atomic E-state index is -4.98. The number of urea groups is 1. The number of alkyl halides is 3. The van der Waals surface area contributed by atoms with Gasteiger partial charge in [0.25, 0.3) is 10.0 Å². The number of halogens is 3. The van der Waals surface area contributed by atoms with Crippen LogP contribution >= 0.6 is 0 Å². The quantitative estimate of drug-likeness (QED) is 0.311. The molecule has 0 aliphatic heterocycles. The van der Waals surface area contributed by atoms with E-state index < -0.39 is 39.2 Å². The Morgan fingerprint density at radius 2 is 1.74 bits per heavy atom. The summed E-state index contributed by atoms with van der Waals surface area (Å²) in [5.74, 6) is 1.11. The van der Waals surface area contributed by atoms with Gasteiger partial charge >= 0.3 is 12.4 Å². The highest BCUT2D eigenvalue weighted by molar-refractivity contribution is 7.90. The van der Waals surface area contributed by atoms with Gasteiger partial charge in [-0.2, -0.15) is 0 Å². The molecule has 1 aromatic rings. The first kappa shape index (κ1) is 32.3. The van der Waals surface area contributed by atoms with E-state index >= 15 is 0 Å². The Bertz CT molecular complexity index is 1290. The summed E-state index contributed by atoms with van der Waals surface area (Å²) >= 11 is 0. The second-order valence-corrected chi connectivity index (χ2v) is 15.6. The molecule has 4 saturated carbocycles. The molecule has 43 heavy (non-hydrogen) atoms. The smallest absolute Gasteiger partial charge is 0.406 e. The van der Waals surface area contributed by atoms with Crippen molar-refractivity contribution in [2.75, 3.05) is 6.54 Å². The zero-order valence-corrected chi connectivity index (χ0v) is 25.9. The van der Waals surface area contributed by atoms with Gasteiger partial charge in [-0.15, -0.1) is 13.2 Å². The average Bonchev–Trinajstić information content (AvgIpc) is 3.25. The van der Waals surface area contributed by atoms with E-state index in [0.717, 1.165) is 69.6 Å². The number of benzene rings is 1. The topological polar surface area (TPSA) is 125 Å². The SMILES string of the molecule is CC[C@H]1[C@@H](O)[C@@H]2[C@H](CC[C@]3(C)[C@@H](CCNC(=O)NS(=O)(=O)c4cccc(OC(F)(F)F)c4)CC[C@@H]23)[C@@]2(C)CC[C@@H](O)C[C@@H]12. The van der Waals surface area contributed by atoms with Crippen molar-refractivity contribution in [1.82, 2.24) is 10.0 Å². The van der Waals surface area contributed by atoms with Crippen LogP contribution < -0.4 is 14.8 Å². The van der Waals surface area contributed by atoms with Crippen LogP contribution in [-0.2, 0) is 10.0 Å². The molecule has 0 saturated heterocycles. The number of fused-ring (bicyclic) bond motifs is 5. The third-order valence-electron chi connectivity index (χ3n) is 11.9. The molecular formula is C31H45F3N2O6S. The number of sulfonamides is 1. The van der Waals surface area contributed by atoms with Gasteiger partial charge in [-0.1, -0.05) is 33.3 Å². The average molecular weight is 631 g/mol. The summed E-state index contributed by atoms with van der Waals surface area (Å²) in [6.07, 6.45) is 2.55. The number of rotatable bonds is 7. The molecule has 4 aliphatic rings. The summed E-state index contributed by atoms with van der Waals surface area (Å²) in [6.45, 7) is 7.12. The third-order valence-corrected chi connectivity index (χ3v) is 13.3. The van der Waals surface area contributed by atoms with Crippen molar-refractivity contribution in [3.8, 4) is 5.75 Å². The minimum Gasteiger partial charge on any atom is -0.406 e. The lowest BCUT2D eigenvalue weighted by molar-refractivity contribution is -0.274. The monoisotopic (exact) mass is 630 g/mol. The van der Waals surface area contributed by atoms with Gasteiger partial charge in [0.05, 0.1) is 17.1 Å². The Morgan fingerprint density at radius 1 is 1.05 bits per heavy atom. The van der Waals surface area contributed by atoms with E-state index in [2.05, 4.69) is 30.8 Å². The highest BCUT2D eigenvalue weighted by atomic mass is 32.2. The van der Waals surface area contributed by atoms with Gasteiger partial charge in [0.15, 0.2) is 0 Å². The van der Waals surface area contributed by atoms with Gasteiger partial charge in [-0.3, -0.25) is 0 Å². The van der Waals surface area contributed by atoms with Crippen LogP contribution in [-0.4, -0.2) is 49.8 Å². The zero-order valence-electron chi connectivity index (χ0n) is 25.1. The molecule has 0 spiro atoms. The molecule has 5 rings (SSSR count).